The molecule has 2 unspecified atom stereocenters. The van der Waals surface area contributed by atoms with Gasteiger partial charge in [0.1, 0.15) is 0 Å². The van der Waals surface area contributed by atoms with E-state index in [1.165, 1.54) is 43.5 Å². The second-order valence-corrected chi connectivity index (χ2v) is 5.76. The molecule has 0 aliphatic heterocycles. The molecule has 2 rings (SSSR count). The number of hydrogen-bond acceptors (Lipinski definition) is 3. The summed E-state index contributed by atoms with van der Waals surface area (Å²) in [5.74, 6) is 0.584. The van der Waals surface area contributed by atoms with Crippen molar-refractivity contribution in [3.63, 3.8) is 0 Å². The van der Waals surface area contributed by atoms with Crippen molar-refractivity contribution in [2.24, 2.45) is 0 Å². The highest BCUT2D eigenvalue weighted by Gasteiger charge is 2.28. The van der Waals surface area contributed by atoms with Crippen molar-refractivity contribution in [1.82, 2.24) is 15.2 Å². The molecule has 0 spiro atoms. The van der Waals surface area contributed by atoms with Crippen LogP contribution in [0.2, 0.25) is 0 Å². The first-order valence-corrected chi connectivity index (χ1v) is 8.13. The number of fused-ring (bicyclic) bond motifs is 1. The SMILES string of the molecule is CCN(CC)CCC(NC)C1CCCc2cccnc21. The monoisotopic (exact) mass is 275 g/mol. The number of nitrogens with zero attached hydrogens (tertiary/aromatic N) is 2. The molecule has 1 heterocycles. The largest absolute Gasteiger partial charge is 0.316 e. The van der Waals surface area contributed by atoms with E-state index in [0.29, 0.717) is 12.0 Å². The van der Waals surface area contributed by atoms with Crippen LogP contribution >= 0.6 is 0 Å². The molecule has 0 radical (unpaired) electrons. The molecule has 0 amide bonds. The molecular formula is C17H29N3. The fraction of sp³-hybridized carbons (Fsp3) is 0.706. The maximum atomic E-state index is 4.68. The number of aromatic nitrogens is 1. The van der Waals surface area contributed by atoms with Crippen molar-refractivity contribution < 1.29 is 0 Å². The van der Waals surface area contributed by atoms with Gasteiger partial charge in [-0.15, -0.1) is 0 Å². The predicted molar refractivity (Wildman–Crippen MR) is 85.2 cm³/mol. The third kappa shape index (κ3) is 3.58. The molecule has 1 aliphatic rings. The lowest BCUT2D eigenvalue weighted by atomic mass is 9.81. The molecule has 1 aromatic heterocycles. The van der Waals surface area contributed by atoms with Gasteiger partial charge in [-0.3, -0.25) is 4.98 Å². The number of pyridine rings is 1. The summed E-state index contributed by atoms with van der Waals surface area (Å²) in [5, 5.41) is 3.55. The molecule has 3 heteroatoms. The first kappa shape index (κ1) is 15.5. The van der Waals surface area contributed by atoms with Gasteiger partial charge in [0.05, 0.1) is 0 Å². The molecule has 0 aromatic carbocycles. The molecule has 1 N–H and O–H groups in total. The number of nitrogens with one attached hydrogen (secondary N) is 1. The summed E-state index contributed by atoms with van der Waals surface area (Å²) >= 11 is 0. The van der Waals surface area contributed by atoms with E-state index in [2.05, 4.69) is 48.2 Å². The minimum absolute atomic E-state index is 0.546. The highest BCUT2D eigenvalue weighted by molar-refractivity contribution is 5.27. The first-order chi connectivity index (χ1) is 9.80. The second-order valence-electron chi connectivity index (χ2n) is 5.76. The molecule has 1 aromatic rings. The lowest BCUT2D eigenvalue weighted by Gasteiger charge is -2.32. The van der Waals surface area contributed by atoms with E-state index in [9.17, 15) is 0 Å². The Kier molecular flexibility index (Phi) is 5.99. The fourth-order valence-electron chi connectivity index (χ4n) is 3.45. The summed E-state index contributed by atoms with van der Waals surface area (Å²) in [6.07, 6.45) is 6.93. The van der Waals surface area contributed by atoms with Crippen LogP contribution in [0, 0.1) is 0 Å². The van der Waals surface area contributed by atoms with E-state index in [0.717, 1.165) is 13.1 Å². The summed E-state index contributed by atoms with van der Waals surface area (Å²) in [7, 11) is 2.10. The number of likely N-dealkylation sites (N-methyl/N-ethyl adjacent to an activating group) is 1. The van der Waals surface area contributed by atoms with Crippen molar-refractivity contribution >= 4 is 0 Å². The molecule has 0 fully saturated rings. The van der Waals surface area contributed by atoms with Gasteiger partial charge in [0, 0.05) is 23.9 Å². The Balaban J connectivity index is 2.05. The molecule has 112 valence electrons. The van der Waals surface area contributed by atoms with E-state index < -0.39 is 0 Å². The van der Waals surface area contributed by atoms with Gasteiger partial charge in [0.25, 0.3) is 0 Å². The molecule has 0 bridgehead atoms. The third-order valence-electron chi connectivity index (χ3n) is 4.75. The second kappa shape index (κ2) is 7.75. The van der Waals surface area contributed by atoms with E-state index in [4.69, 9.17) is 0 Å². The van der Waals surface area contributed by atoms with Gasteiger partial charge >= 0.3 is 0 Å². The lowest BCUT2D eigenvalue weighted by molar-refractivity contribution is 0.268. The van der Waals surface area contributed by atoms with Gasteiger partial charge in [-0.25, -0.2) is 0 Å². The Morgan fingerprint density at radius 3 is 2.90 bits per heavy atom. The van der Waals surface area contributed by atoms with Gasteiger partial charge in [-0.2, -0.15) is 0 Å². The maximum absolute atomic E-state index is 4.68. The average Bonchev–Trinajstić information content (AvgIpc) is 2.51. The standard InChI is InChI=1S/C17H29N3/c1-4-20(5-2)13-11-16(18-3)15-10-6-8-14-9-7-12-19-17(14)15/h7,9,12,15-16,18H,4-6,8,10-11,13H2,1-3H3. The Bertz CT molecular complexity index is 401. The van der Waals surface area contributed by atoms with Gasteiger partial charge < -0.3 is 10.2 Å². The topological polar surface area (TPSA) is 28.2 Å². The van der Waals surface area contributed by atoms with E-state index in [1.807, 2.05) is 6.20 Å². The van der Waals surface area contributed by atoms with Crippen LogP contribution in [0.5, 0.6) is 0 Å². The third-order valence-corrected chi connectivity index (χ3v) is 4.75. The van der Waals surface area contributed by atoms with E-state index in [1.54, 1.807) is 0 Å². The fourth-order valence-corrected chi connectivity index (χ4v) is 3.45. The van der Waals surface area contributed by atoms with Gasteiger partial charge in [-0.1, -0.05) is 19.9 Å². The van der Waals surface area contributed by atoms with E-state index in [-0.39, 0.29) is 0 Å². The van der Waals surface area contributed by atoms with Crippen LogP contribution in [0.15, 0.2) is 18.3 Å². The van der Waals surface area contributed by atoms with Crippen molar-refractivity contribution in [3.8, 4) is 0 Å². The van der Waals surface area contributed by atoms with Crippen LogP contribution in [-0.2, 0) is 6.42 Å². The minimum Gasteiger partial charge on any atom is -0.316 e. The first-order valence-electron chi connectivity index (χ1n) is 8.13. The molecule has 1 aliphatic carbocycles. The minimum atomic E-state index is 0.546. The maximum Gasteiger partial charge on any atom is 0.0481 e. The summed E-state index contributed by atoms with van der Waals surface area (Å²) in [5.41, 5.74) is 2.81. The number of aryl methyl sites for hydroxylation is 1. The highest BCUT2D eigenvalue weighted by Crippen LogP contribution is 2.33. The summed E-state index contributed by atoms with van der Waals surface area (Å²) in [4.78, 5) is 7.19. The van der Waals surface area contributed by atoms with E-state index >= 15 is 0 Å². The Hall–Kier alpha value is -0.930. The van der Waals surface area contributed by atoms with Gasteiger partial charge in [0.2, 0.25) is 0 Å². The Morgan fingerprint density at radius 2 is 2.20 bits per heavy atom. The van der Waals surface area contributed by atoms with Crippen molar-refractivity contribution in [3.05, 3.63) is 29.6 Å². The quantitative estimate of drug-likeness (QED) is 0.829. The molecule has 20 heavy (non-hydrogen) atoms. The molecule has 3 nitrogen and oxygen atoms in total. The Morgan fingerprint density at radius 1 is 1.40 bits per heavy atom. The summed E-state index contributed by atoms with van der Waals surface area (Å²) in [6, 6.07) is 4.88. The van der Waals surface area contributed by atoms with Gasteiger partial charge in [0.15, 0.2) is 0 Å². The van der Waals surface area contributed by atoms with Crippen LogP contribution in [0.3, 0.4) is 0 Å². The summed E-state index contributed by atoms with van der Waals surface area (Å²) in [6.45, 7) is 7.96. The predicted octanol–water partition coefficient (Wildman–Crippen LogP) is 2.82. The zero-order valence-corrected chi connectivity index (χ0v) is 13.2. The van der Waals surface area contributed by atoms with Crippen LogP contribution in [0.4, 0.5) is 0 Å². The zero-order chi connectivity index (χ0) is 14.4. The smallest absolute Gasteiger partial charge is 0.0481 e. The van der Waals surface area contributed by atoms with Crippen LogP contribution in [0.1, 0.15) is 50.3 Å². The highest BCUT2D eigenvalue weighted by atomic mass is 15.1. The summed E-state index contributed by atoms with van der Waals surface area (Å²) < 4.78 is 0. The normalized spacial score (nSPS) is 19.9. The Labute approximate surface area is 123 Å². The molecular weight excluding hydrogens is 246 g/mol. The molecule has 2 atom stereocenters. The molecule has 0 saturated heterocycles. The van der Waals surface area contributed by atoms with Crippen LogP contribution in [-0.4, -0.2) is 42.6 Å². The van der Waals surface area contributed by atoms with Crippen LogP contribution < -0.4 is 5.32 Å². The van der Waals surface area contributed by atoms with Crippen molar-refractivity contribution in [2.75, 3.05) is 26.7 Å². The lowest BCUT2D eigenvalue weighted by Crippen LogP contribution is -2.38. The number of rotatable bonds is 7. The van der Waals surface area contributed by atoms with Crippen molar-refractivity contribution in [1.29, 1.82) is 0 Å². The average molecular weight is 275 g/mol. The number of hydrogen-bond donors (Lipinski definition) is 1. The van der Waals surface area contributed by atoms with Crippen molar-refractivity contribution in [2.45, 2.75) is 51.5 Å². The van der Waals surface area contributed by atoms with Crippen LogP contribution in [0.25, 0.3) is 0 Å². The van der Waals surface area contributed by atoms with Gasteiger partial charge in [-0.05, 0) is 64.0 Å². The molecule has 0 saturated carbocycles. The zero-order valence-electron chi connectivity index (χ0n) is 13.2.